The van der Waals surface area contributed by atoms with E-state index in [1.807, 2.05) is 6.92 Å². The van der Waals surface area contributed by atoms with Crippen molar-refractivity contribution in [1.82, 2.24) is 9.38 Å². The van der Waals surface area contributed by atoms with Crippen molar-refractivity contribution >= 4 is 5.65 Å². The molecule has 16 heavy (non-hydrogen) atoms. The molecule has 0 fully saturated rings. The van der Waals surface area contributed by atoms with Gasteiger partial charge in [0.1, 0.15) is 5.65 Å². The minimum atomic E-state index is 0.0858. The predicted molar refractivity (Wildman–Crippen MR) is 66.5 cm³/mol. The molecule has 0 spiro atoms. The summed E-state index contributed by atoms with van der Waals surface area (Å²) in [7, 11) is 0. The molecule has 2 rings (SSSR count). The maximum absolute atomic E-state index is 6.19. The van der Waals surface area contributed by atoms with Crippen LogP contribution in [-0.2, 0) is 0 Å². The van der Waals surface area contributed by atoms with Crippen LogP contribution >= 0.6 is 0 Å². The van der Waals surface area contributed by atoms with E-state index in [9.17, 15) is 0 Å². The first-order chi connectivity index (χ1) is 7.63. The molecule has 0 saturated carbocycles. The maximum atomic E-state index is 6.19. The average Bonchev–Trinajstić information content (AvgIpc) is 2.53. The molecular weight excluding hydrogens is 198 g/mol. The van der Waals surface area contributed by atoms with E-state index in [2.05, 4.69) is 41.6 Å². The molecule has 2 N–H and O–H groups in total. The second-order valence-electron chi connectivity index (χ2n) is 4.41. The largest absolute Gasteiger partial charge is 0.323 e. The summed E-state index contributed by atoms with van der Waals surface area (Å²) in [6, 6.07) is 4.27. The fourth-order valence-electron chi connectivity index (χ4n) is 2.18. The molecular formula is C13H19N3. The van der Waals surface area contributed by atoms with Crippen LogP contribution in [0.15, 0.2) is 18.3 Å². The Morgan fingerprint density at radius 2 is 2.19 bits per heavy atom. The van der Waals surface area contributed by atoms with E-state index < -0.39 is 0 Å². The van der Waals surface area contributed by atoms with Crippen molar-refractivity contribution in [1.29, 1.82) is 0 Å². The van der Waals surface area contributed by atoms with Gasteiger partial charge in [0.25, 0.3) is 0 Å². The Labute approximate surface area is 96.3 Å². The van der Waals surface area contributed by atoms with Gasteiger partial charge in [0.15, 0.2) is 0 Å². The summed E-state index contributed by atoms with van der Waals surface area (Å²) in [6.07, 6.45) is 4.16. The van der Waals surface area contributed by atoms with Gasteiger partial charge in [-0.15, -0.1) is 0 Å². The monoisotopic (exact) mass is 217 g/mol. The number of aryl methyl sites for hydroxylation is 2. The summed E-state index contributed by atoms with van der Waals surface area (Å²) in [4.78, 5) is 4.56. The van der Waals surface area contributed by atoms with E-state index in [-0.39, 0.29) is 6.04 Å². The zero-order valence-electron chi connectivity index (χ0n) is 10.2. The summed E-state index contributed by atoms with van der Waals surface area (Å²) in [5.41, 5.74) is 10.6. The number of imidazole rings is 1. The molecule has 86 valence electrons. The Bertz CT molecular complexity index is 499. The maximum Gasteiger partial charge on any atom is 0.137 e. The lowest BCUT2D eigenvalue weighted by atomic mass is 10.1. The lowest BCUT2D eigenvalue weighted by molar-refractivity contribution is 0.613. The highest BCUT2D eigenvalue weighted by Crippen LogP contribution is 2.21. The van der Waals surface area contributed by atoms with Gasteiger partial charge in [0, 0.05) is 12.2 Å². The Hall–Kier alpha value is -1.35. The van der Waals surface area contributed by atoms with Crippen LogP contribution < -0.4 is 5.73 Å². The van der Waals surface area contributed by atoms with Gasteiger partial charge in [-0.1, -0.05) is 13.3 Å². The van der Waals surface area contributed by atoms with Crippen molar-refractivity contribution in [3.63, 3.8) is 0 Å². The summed E-state index contributed by atoms with van der Waals surface area (Å²) in [5, 5.41) is 0. The first kappa shape index (κ1) is 11.1. The van der Waals surface area contributed by atoms with Gasteiger partial charge in [-0.25, -0.2) is 4.98 Å². The van der Waals surface area contributed by atoms with Crippen LogP contribution in [-0.4, -0.2) is 9.38 Å². The molecule has 0 aliphatic carbocycles. The van der Waals surface area contributed by atoms with E-state index in [0.717, 1.165) is 29.9 Å². The number of nitrogens with two attached hydrogens (primary N) is 1. The fourth-order valence-corrected chi connectivity index (χ4v) is 2.18. The van der Waals surface area contributed by atoms with Crippen LogP contribution in [0.3, 0.4) is 0 Å². The van der Waals surface area contributed by atoms with E-state index >= 15 is 0 Å². The lowest BCUT2D eigenvalue weighted by Gasteiger charge is -2.11. The molecule has 2 heterocycles. The molecule has 1 atom stereocenters. The third kappa shape index (κ3) is 1.83. The zero-order chi connectivity index (χ0) is 11.7. The molecule has 3 heteroatoms. The summed E-state index contributed by atoms with van der Waals surface area (Å²) >= 11 is 0. The third-order valence-corrected chi connectivity index (χ3v) is 2.95. The summed E-state index contributed by atoms with van der Waals surface area (Å²) in [5.74, 6) is 0. The molecule has 3 nitrogen and oxygen atoms in total. The van der Waals surface area contributed by atoms with Gasteiger partial charge >= 0.3 is 0 Å². The Morgan fingerprint density at radius 1 is 1.44 bits per heavy atom. The van der Waals surface area contributed by atoms with Crippen LogP contribution in [0.2, 0.25) is 0 Å². The SMILES string of the molecule is CCCC(N)c1c(C)nc2cc(C)ccn12. The molecule has 2 aromatic rings. The number of rotatable bonds is 3. The fraction of sp³-hybridized carbons (Fsp3) is 0.462. The van der Waals surface area contributed by atoms with E-state index in [1.54, 1.807) is 0 Å². The molecule has 0 aromatic carbocycles. The van der Waals surface area contributed by atoms with Crippen LogP contribution in [0.5, 0.6) is 0 Å². The Morgan fingerprint density at radius 3 is 2.88 bits per heavy atom. The minimum absolute atomic E-state index is 0.0858. The molecule has 1 unspecified atom stereocenters. The molecule has 0 radical (unpaired) electrons. The van der Waals surface area contributed by atoms with Crippen molar-refractivity contribution in [3.8, 4) is 0 Å². The van der Waals surface area contributed by atoms with Crippen LogP contribution in [0.4, 0.5) is 0 Å². The molecule has 0 bridgehead atoms. The molecule has 2 aromatic heterocycles. The quantitative estimate of drug-likeness (QED) is 0.859. The number of pyridine rings is 1. The number of hydrogen-bond donors (Lipinski definition) is 1. The smallest absolute Gasteiger partial charge is 0.137 e. The number of hydrogen-bond acceptors (Lipinski definition) is 2. The molecule has 0 aliphatic heterocycles. The number of fused-ring (bicyclic) bond motifs is 1. The minimum Gasteiger partial charge on any atom is -0.323 e. The highest BCUT2D eigenvalue weighted by atomic mass is 15.0. The number of nitrogens with zero attached hydrogens (tertiary/aromatic N) is 2. The first-order valence-electron chi connectivity index (χ1n) is 5.84. The topological polar surface area (TPSA) is 43.3 Å². The predicted octanol–water partition coefficient (Wildman–Crippen LogP) is 2.75. The molecule has 0 saturated heterocycles. The van der Waals surface area contributed by atoms with E-state index in [4.69, 9.17) is 5.73 Å². The van der Waals surface area contributed by atoms with Crippen molar-refractivity contribution in [2.24, 2.45) is 5.73 Å². The highest BCUT2D eigenvalue weighted by molar-refractivity contribution is 5.46. The van der Waals surface area contributed by atoms with Gasteiger partial charge in [-0.2, -0.15) is 0 Å². The summed E-state index contributed by atoms with van der Waals surface area (Å²) < 4.78 is 2.11. The van der Waals surface area contributed by atoms with Crippen molar-refractivity contribution in [3.05, 3.63) is 35.3 Å². The van der Waals surface area contributed by atoms with Crippen molar-refractivity contribution in [2.45, 2.75) is 39.7 Å². The molecule has 0 amide bonds. The first-order valence-corrected chi connectivity index (χ1v) is 5.84. The average molecular weight is 217 g/mol. The van der Waals surface area contributed by atoms with Crippen LogP contribution in [0, 0.1) is 13.8 Å². The van der Waals surface area contributed by atoms with Crippen LogP contribution in [0.1, 0.15) is 42.8 Å². The van der Waals surface area contributed by atoms with E-state index in [0.29, 0.717) is 0 Å². The van der Waals surface area contributed by atoms with Gasteiger partial charge in [-0.3, -0.25) is 0 Å². The van der Waals surface area contributed by atoms with E-state index in [1.165, 1.54) is 5.56 Å². The van der Waals surface area contributed by atoms with Crippen molar-refractivity contribution in [2.75, 3.05) is 0 Å². The molecule has 0 aliphatic rings. The van der Waals surface area contributed by atoms with Gasteiger partial charge < -0.3 is 10.1 Å². The van der Waals surface area contributed by atoms with Crippen LogP contribution in [0.25, 0.3) is 5.65 Å². The standard InChI is InChI=1S/C13H19N3/c1-4-5-11(14)13-10(3)15-12-8-9(2)6-7-16(12)13/h6-8,11H,4-5,14H2,1-3H3. The second kappa shape index (κ2) is 4.26. The van der Waals surface area contributed by atoms with Gasteiger partial charge in [0.2, 0.25) is 0 Å². The second-order valence-corrected chi connectivity index (χ2v) is 4.41. The zero-order valence-corrected chi connectivity index (χ0v) is 10.2. The Balaban J connectivity index is 2.55. The van der Waals surface area contributed by atoms with Gasteiger partial charge in [0.05, 0.1) is 11.4 Å². The lowest BCUT2D eigenvalue weighted by Crippen LogP contribution is -2.13. The summed E-state index contributed by atoms with van der Waals surface area (Å²) in [6.45, 7) is 6.27. The van der Waals surface area contributed by atoms with Crippen molar-refractivity contribution < 1.29 is 0 Å². The number of aromatic nitrogens is 2. The normalized spacial score (nSPS) is 13.2. The third-order valence-electron chi connectivity index (χ3n) is 2.95. The highest BCUT2D eigenvalue weighted by Gasteiger charge is 2.14. The van der Waals surface area contributed by atoms with Gasteiger partial charge in [-0.05, 0) is 38.0 Å². The Kier molecular flexibility index (Phi) is 2.97.